The average molecular weight is 298 g/mol. The number of oxime groups is 1. The maximum Gasteiger partial charge on any atom is 0.339 e. The zero-order valence-corrected chi connectivity index (χ0v) is 12.6. The fraction of sp³-hybridized carbons (Fsp3) is 0.176. The number of hydrogen-bond acceptors (Lipinski definition) is 4. The van der Waals surface area contributed by atoms with Gasteiger partial charge in [-0.2, -0.15) is 0 Å². The summed E-state index contributed by atoms with van der Waals surface area (Å²) >= 11 is 0. The molecular weight excluding hydrogens is 280 g/mol. The smallest absolute Gasteiger partial charge is 0.339 e. The van der Waals surface area contributed by atoms with Gasteiger partial charge in [0.25, 0.3) is 0 Å². The molecule has 0 aromatic heterocycles. The van der Waals surface area contributed by atoms with Crippen molar-refractivity contribution in [3.8, 4) is 5.75 Å². The van der Waals surface area contributed by atoms with Crippen LogP contribution in [-0.2, 0) is 16.1 Å². The van der Waals surface area contributed by atoms with E-state index in [1.807, 2.05) is 31.2 Å². The molecule has 0 unspecified atom stereocenters. The van der Waals surface area contributed by atoms with E-state index >= 15 is 0 Å². The third-order valence-corrected chi connectivity index (χ3v) is 3.07. The molecule has 0 saturated carbocycles. The Labute approximate surface area is 129 Å². The van der Waals surface area contributed by atoms with Gasteiger partial charge in [-0.1, -0.05) is 41.1 Å². The maximum atomic E-state index is 11.8. The number of benzene rings is 2. The lowest BCUT2D eigenvalue weighted by Crippen LogP contribution is -2.16. The van der Waals surface area contributed by atoms with Crippen LogP contribution >= 0.6 is 0 Å². The van der Waals surface area contributed by atoms with Crippen LogP contribution in [-0.4, -0.2) is 18.9 Å². The Hall–Kier alpha value is -2.82. The van der Waals surface area contributed by atoms with Crippen molar-refractivity contribution in [1.82, 2.24) is 0 Å². The number of carbonyl (C=O) groups excluding carboxylic acids is 1. The average Bonchev–Trinajstić information content (AvgIpc) is 2.53. The van der Waals surface area contributed by atoms with Crippen LogP contribution in [0.25, 0.3) is 0 Å². The molecular formula is C17H18N2O3. The van der Waals surface area contributed by atoms with E-state index in [0.717, 1.165) is 22.4 Å². The molecule has 5 heteroatoms. The van der Waals surface area contributed by atoms with Crippen LogP contribution < -0.4 is 10.5 Å². The molecule has 0 atom stereocenters. The number of hydrogen-bond donors (Lipinski definition) is 1. The number of nitrogens with two attached hydrogens (primary N) is 1. The summed E-state index contributed by atoms with van der Waals surface area (Å²) in [5.41, 5.74) is 8.39. The molecule has 2 aromatic rings. The normalized spacial score (nSPS) is 11.1. The second kappa shape index (κ2) is 7.26. The summed E-state index contributed by atoms with van der Waals surface area (Å²) in [6.07, 6.45) is 0.120. The zero-order chi connectivity index (χ0) is 15.9. The van der Waals surface area contributed by atoms with E-state index in [2.05, 4.69) is 5.16 Å². The molecule has 0 radical (unpaired) electrons. The van der Waals surface area contributed by atoms with Crippen LogP contribution in [0.2, 0.25) is 0 Å². The van der Waals surface area contributed by atoms with Crippen LogP contribution in [0.5, 0.6) is 5.75 Å². The predicted octanol–water partition coefficient (Wildman–Crippen LogP) is 2.41. The quantitative estimate of drug-likeness (QED) is 0.398. The van der Waals surface area contributed by atoms with E-state index < -0.39 is 5.97 Å². The summed E-state index contributed by atoms with van der Waals surface area (Å²) < 4.78 is 5.06. The molecule has 5 nitrogen and oxygen atoms in total. The first-order valence-corrected chi connectivity index (χ1v) is 6.82. The standard InChI is InChI=1S/C17H18N2O3/c1-12-4-3-5-14(10-12)17(18)19-22-16(20)11-13-6-8-15(21-2)9-7-13/h3-10H,11H2,1-2H3,(H2,18,19). The Bertz CT molecular complexity index is 679. The summed E-state index contributed by atoms with van der Waals surface area (Å²) in [4.78, 5) is 16.6. The summed E-state index contributed by atoms with van der Waals surface area (Å²) in [5, 5.41) is 3.69. The third kappa shape index (κ3) is 4.34. The molecule has 2 N–H and O–H groups in total. The summed E-state index contributed by atoms with van der Waals surface area (Å²) in [6, 6.07) is 14.7. The van der Waals surface area contributed by atoms with Gasteiger partial charge in [-0.05, 0) is 30.7 Å². The summed E-state index contributed by atoms with van der Waals surface area (Å²) in [7, 11) is 1.59. The monoisotopic (exact) mass is 298 g/mol. The van der Waals surface area contributed by atoms with Gasteiger partial charge in [0.15, 0.2) is 5.84 Å². The van der Waals surface area contributed by atoms with Gasteiger partial charge in [-0.25, -0.2) is 4.79 Å². The van der Waals surface area contributed by atoms with E-state index in [1.54, 1.807) is 31.4 Å². The largest absolute Gasteiger partial charge is 0.497 e. The number of nitrogens with zero attached hydrogens (tertiary/aromatic N) is 1. The highest BCUT2D eigenvalue weighted by Gasteiger charge is 2.06. The molecule has 0 amide bonds. The molecule has 2 aromatic carbocycles. The molecule has 0 fully saturated rings. The Morgan fingerprint density at radius 3 is 2.55 bits per heavy atom. The van der Waals surface area contributed by atoms with Crippen molar-refractivity contribution in [1.29, 1.82) is 0 Å². The van der Waals surface area contributed by atoms with Crippen molar-refractivity contribution in [2.45, 2.75) is 13.3 Å². The van der Waals surface area contributed by atoms with Crippen LogP contribution in [0.3, 0.4) is 0 Å². The number of rotatable bonds is 5. The molecule has 0 spiro atoms. The minimum Gasteiger partial charge on any atom is -0.497 e. The van der Waals surface area contributed by atoms with Gasteiger partial charge < -0.3 is 15.3 Å². The van der Waals surface area contributed by atoms with Gasteiger partial charge in [0.2, 0.25) is 0 Å². The predicted molar refractivity (Wildman–Crippen MR) is 84.7 cm³/mol. The third-order valence-electron chi connectivity index (χ3n) is 3.07. The van der Waals surface area contributed by atoms with E-state index in [4.69, 9.17) is 15.3 Å². The van der Waals surface area contributed by atoms with Gasteiger partial charge >= 0.3 is 5.97 Å². The highest BCUT2D eigenvalue weighted by molar-refractivity contribution is 5.97. The summed E-state index contributed by atoms with van der Waals surface area (Å²) in [6.45, 7) is 1.95. The minimum atomic E-state index is -0.472. The molecule has 0 aliphatic carbocycles. The second-order valence-electron chi connectivity index (χ2n) is 4.83. The van der Waals surface area contributed by atoms with Crippen LogP contribution in [0.1, 0.15) is 16.7 Å². The highest BCUT2D eigenvalue weighted by Crippen LogP contribution is 2.12. The van der Waals surface area contributed by atoms with Crippen LogP contribution in [0, 0.1) is 6.92 Å². The fourth-order valence-corrected chi connectivity index (χ4v) is 1.90. The molecule has 2 rings (SSSR count). The van der Waals surface area contributed by atoms with Crippen molar-refractivity contribution in [2.75, 3.05) is 7.11 Å². The lowest BCUT2D eigenvalue weighted by Gasteiger charge is -2.03. The molecule has 0 aliphatic rings. The second-order valence-corrected chi connectivity index (χ2v) is 4.83. The highest BCUT2D eigenvalue weighted by atomic mass is 16.7. The molecule has 22 heavy (non-hydrogen) atoms. The topological polar surface area (TPSA) is 73.9 Å². The lowest BCUT2D eigenvalue weighted by molar-refractivity contribution is -0.142. The Morgan fingerprint density at radius 2 is 1.91 bits per heavy atom. The van der Waals surface area contributed by atoms with Crippen molar-refractivity contribution in [3.63, 3.8) is 0 Å². The SMILES string of the molecule is COc1ccc(CC(=O)O/N=C(/N)c2cccc(C)c2)cc1. The van der Waals surface area contributed by atoms with Crippen molar-refractivity contribution >= 4 is 11.8 Å². The van der Waals surface area contributed by atoms with Crippen molar-refractivity contribution in [3.05, 3.63) is 65.2 Å². The van der Waals surface area contributed by atoms with E-state index in [0.29, 0.717) is 0 Å². The lowest BCUT2D eigenvalue weighted by atomic mass is 10.1. The minimum absolute atomic E-state index is 0.120. The Balaban J connectivity index is 1.95. The molecule has 0 bridgehead atoms. The van der Waals surface area contributed by atoms with Gasteiger partial charge in [0.1, 0.15) is 5.75 Å². The van der Waals surface area contributed by atoms with E-state index in [9.17, 15) is 4.79 Å². The number of aryl methyl sites for hydroxylation is 1. The van der Waals surface area contributed by atoms with Crippen molar-refractivity contribution < 1.29 is 14.4 Å². The van der Waals surface area contributed by atoms with E-state index in [1.165, 1.54) is 0 Å². The number of methoxy groups -OCH3 is 1. The number of carbonyl (C=O) groups is 1. The number of amidine groups is 1. The maximum absolute atomic E-state index is 11.8. The fourth-order valence-electron chi connectivity index (χ4n) is 1.90. The molecule has 114 valence electrons. The molecule has 0 aliphatic heterocycles. The van der Waals surface area contributed by atoms with Crippen molar-refractivity contribution in [2.24, 2.45) is 10.9 Å². The van der Waals surface area contributed by atoms with Gasteiger partial charge in [-0.3, -0.25) is 0 Å². The molecule has 0 heterocycles. The summed E-state index contributed by atoms with van der Waals surface area (Å²) in [5.74, 6) is 0.436. The first-order chi connectivity index (χ1) is 10.6. The zero-order valence-electron chi connectivity index (χ0n) is 12.6. The van der Waals surface area contributed by atoms with Gasteiger partial charge in [0.05, 0.1) is 13.5 Å². The molecule has 0 saturated heterocycles. The van der Waals surface area contributed by atoms with Crippen LogP contribution in [0.4, 0.5) is 0 Å². The van der Waals surface area contributed by atoms with Crippen LogP contribution in [0.15, 0.2) is 53.7 Å². The first-order valence-electron chi connectivity index (χ1n) is 6.82. The first kappa shape index (κ1) is 15.6. The van der Waals surface area contributed by atoms with Gasteiger partial charge in [-0.15, -0.1) is 0 Å². The number of ether oxygens (including phenoxy) is 1. The van der Waals surface area contributed by atoms with E-state index in [-0.39, 0.29) is 12.3 Å². The van der Waals surface area contributed by atoms with Gasteiger partial charge in [0, 0.05) is 5.56 Å². The Morgan fingerprint density at radius 1 is 1.18 bits per heavy atom. The Kier molecular flexibility index (Phi) is 5.14.